The molecule has 0 bridgehead atoms. The molecule has 0 aliphatic heterocycles. The summed E-state index contributed by atoms with van der Waals surface area (Å²) < 4.78 is 0. The fourth-order valence-electron chi connectivity index (χ4n) is 4.38. The van der Waals surface area contributed by atoms with E-state index in [4.69, 9.17) is 0 Å². The molecule has 22 heavy (non-hydrogen) atoms. The Balaban J connectivity index is 2.18. The van der Waals surface area contributed by atoms with Gasteiger partial charge >= 0.3 is 0 Å². The third-order valence-electron chi connectivity index (χ3n) is 5.15. The van der Waals surface area contributed by atoms with Gasteiger partial charge in [-0.25, -0.2) is 0 Å². The molecule has 0 fully saturated rings. The van der Waals surface area contributed by atoms with Crippen LogP contribution in [0.3, 0.4) is 0 Å². The first-order valence-corrected chi connectivity index (χ1v) is 7.73. The van der Waals surface area contributed by atoms with Crippen molar-refractivity contribution in [1.82, 2.24) is 0 Å². The molecule has 0 aliphatic rings. The molecule has 0 radical (unpaired) electrons. The van der Waals surface area contributed by atoms with Gasteiger partial charge in [0.25, 0.3) is 0 Å². The predicted molar refractivity (Wildman–Crippen MR) is 96.3 cm³/mol. The van der Waals surface area contributed by atoms with Crippen LogP contribution in [0.25, 0.3) is 53.9 Å². The highest BCUT2D eigenvalue weighted by atomic mass is 14.2. The third kappa shape index (κ3) is 1.02. The Morgan fingerprint density at radius 2 is 1.14 bits per heavy atom. The van der Waals surface area contributed by atoms with Crippen LogP contribution in [-0.2, 0) is 0 Å². The molecule has 0 aliphatic carbocycles. The predicted octanol–water partition coefficient (Wildman–Crippen LogP) is 6.33. The van der Waals surface area contributed by atoms with Gasteiger partial charge in [0.2, 0.25) is 0 Å². The van der Waals surface area contributed by atoms with E-state index in [1.807, 2.05) is 0 Å². The zero-order valence-electron chi connectivity index (χ0n) is 11.9. The molecule has 6 rings (SSSR count). The van der Waals surface area contributed by atoms with Crippen LogP contribution < -0.4 is 0 Å². The average Bonchev–Trinajstić information content (AvgIpc) is 3.19. The van der Waals surface area contributed by atoms with E-state index in [0.29, 0.717) is 0 Å². The van der Waals surface area contributed by atoms with Crippen molar-refractivity contribution in [2.45, 2.75) is 0 Å². The Labute approximate surface area is 127 Å². The Kier molecular flexibility index (Phi) is 1.71. The number of rotatable bonds is 0. The summed E-state index contributed by atoms with van der Waals surface area (Å²) in [6.07, 6.45) is 0. The van der Waals surface area contributed by atoms with Crippen molar-refractivity contribution >= 4 is 53.9 Å². The second-order valence-electron chi connectivity index (χ2n) is 6.14. The van der Waals surface area contributed by atoms with Crippen molar-refractivity contribution in [1.29, 1.82) is 0 Å². The van der Waals surface area contributed by atoms with Gasteiger partial charge in [-0.05, 0) is 5.39 Å². The van der Waals surface area contributed by atoms with Gasteiger partial charge in [-0.2, -0.15) is 51.2 Å². The standard InChI is InChI=1S/C22H12/c1-2-8-14-13(7-1)19-15-9-3-4-10-16(15)21-18-12-6-5-11-17(18)20(14)22(19)21/h1-12H/q-2. The van der Waals surface area contributed by atoms with Crippen molar-refractivity contribution in [2.24, 2.45) is 0 Å². The Bertz CT molecular complexity index is 1050. The van der Waals surface area contributed by atoms with Crippen LogP contribution in [0, 0.1) is 0 Å². The molecule has 6 aromatic rings. The summed E-state index contributed by atoms with van der Waals surface area (Å²) in [5, 5.41) is 14.1. The van der Waals surface area contributed by atoms with Gasteiger partial charge in [-0.15, -0.1) is 11.5 Å². The number of benzene rings is 3. The molecular formula is C22H12-2. The highest BCUT2D eigenvalue weighted by Crippen LogP contribution is 2.51. The first kappa shape index (κ1) is 10.8. The van der Waals surface area contributed by atoms with Crippen molar-refractivity contribution in [3.05, 3.63) is 72.8 Å². The van der Waals surface area contributed by atoms with Gasteiger partial charge in [0.1, 0.15) is 0 Å². The van der Waals surface area contributed by atoms with Crippen LogP contribution in [0.1, 0.15) is 0 Å². The van der Waals surface area contributed by atoms with Crippen LogP contribution in [0.4, 0.5) is 0 Å². The number of hydrogen-bond donors (Lipinski definition) is 0. The summed E-state index contributed by atoms with van der Waals surface area (Å²) in [5.74, 6) is 0. The summed E-state index contributed by atoms with van der Waals surface area (Å²) in [5.41, 5.74) is 0. The van der Waals surface area contributed by atoms with Gasteiger partial charge < -0.3 is 0 Å². The highest BCUT2D eigenvalue weighted by Gasteiger charge is 2.11. The monoisotopic (exact) mass is 276 g/mol. The summed E-state index contributed by atoms with van der Waals surface area (Å²) >= 11 is 0. The van der Waals surface area contributed by atoms with Gasteiger partial charge in [0, 0.05) is 0 Å². The number of hydrogen-bond acceptors (Lipinski definition) is 0. The molecule has 0 nitrogen and oxygen atoms in total. The fraction of sp³-hybridized carbons (Fsp3) is 0. The van der Waals surface area contributed by atoms with Crippen molar-refractivity contribution in [3.8, 4) is 0 Å². The Morgan fingerprint density at radius 3 is 1.91 bits per heavy atom. The van der Waals surface area contributed by atoms with E-state index >= 15 is 0 Å². The molecule has 0 N–H and O–H groups in total. The lowest BCUT2D eigenvalue weighted by Gasteiger charge is -2.05. The van der Waals surface area contributed by atoms with Gasteiger partial charge in [-0.3, -0.25) is 0 Å². The highest BCUT2D eigenvalue weighted by molar-refractivity contribution is 6.50. The molecule has 0 heterocycles. The Hall–Kier alpha value is -2.86. The molecule has 0 amide bonds. The lowest BCUT2D eigenvalue weighted by molar-refractivity contribution is 1.85. The maximum absolute atomic E-state index is 2.27. The first-order chi connectivity index (χ1) is 10.9. The lowest BCUT2D eigenvalue weighted by atomic mass is 10.1. The molecule has 0 spiro atoms. The maximum atomic E-state index is 2.27. The molecule has 0 saturated carbocycles. The van der Waals surface area contributed by atoms with Gasteiger partial charge in [0.05, 0.1) is 0 Å². The van der Waals surface area contributed by atoms with Crippen LogP contribution in [0.5, 0.6) is 0 Å². The smallest absolute Gasteiger partial charge is 0.0368 e. The molecule has 102 valence electrons. The molecule has 0 aromatic heterocycles. The zero-order valence-corrected chi connectivity index (χ0v) is 11.9. The summed E-state index contributed by atoms with van der Waals surface area (Å²) in [4.78, 5) is 0. The summed E-state index contributed by atoms with van der Waals surface area (Å²) in [6, 6.07) is 26.5. The molecule has 0 heteroatoms. The SMILES string of the molecule is c1ccc2c(c1)c1c3ccccc3c3[c-]4ccccc4c2[c-]13. The van der Waals surface area contributed by atoms with E-state index in [2.05, 4.69) is 72.8 Å². The van der Waals surface area contributed by atoms with Gasteiger partial charge in [0.15, 0.2) is 0 Å². The normalized spacial score (nSPS) is 12.5. The van der Waals surface area contributed by atoms with Crippen molar-refractivity contribution < 1.29 is 0 Å². The zero-order chi connectivity index (χ0) is 14.3. The van der Waals surface area contributed by atoms with Gasteiger partial charge in [-0.1, -0.05) is 58.6 Å². The molecule has 0 saturated heterocycles. The fourth-order valence-corrected chi connectivity index (χ4v) is 4.38. The van der Waals surface area contributed by atoms with Crippen LogP contribution in [0.2, 0.25) is 0 Å². The van der Waals surface area contributed by atoms with Crippen molar-refractivity contribution in [2.75, 3.05) is 0 Å². The van der Waals surface area contributed by atoms with Crippen LogP contribution in [0.15, 0.2) is 72.8 Å². The maximum Gasteiger partial charge on any atom is -0.0368 e. The first-order valence-electron chi connectivity index (χ1n) is 7.73. The van der Waals surface area contributed by atoms with E-state index in [0.717, 1.165) is 0 Å². The van der Waals surface area contributed by atoms with E-state index in [1.165, 1.54) is 53.9 Å². The molecular weight excluding hydrogens is 264 g/mol. The van der Waals surface area contributed by atoms with Crippen LogP contribution in [-0.4, -0.2) is 0 Å². The molecule has 0 atom stereocenters. The van der Waals surface area contributed by atoms with Crippen LogP contribution >= 0.6 is 0 Å². The number of fused-ring (bicyclic) bond motifs is 9. The Morgan fingerprint density at radius 1 is 0.545 bits per heavy atom. The molecule has 0 unspecified atom stereocenters. The van der Waals surface area contributed by atoms with E-state index in [9.17, 15) is 0 Å². The topological polar surface area (TPSA) is 0 Å². The van der Waals surface area contributed by atoms with E-state index < -0.39 is 0 Å². The van der Waals surface area contributed by atoms with E-state index in [-0.39, 0.29) is 0 Å². The summed E-state index contributed by atoms with van der Waals surface area (Å²) in [6.45, 7) is 0. The molecule has 6 aromatic carbocycles. The minimum absolute atomic E-state index is 1.39. The summed E-state index contributed by atoms with van der Waals surface area (Å²) in [7, 11) is 0. The van der Waals surface area contributed by atoms with Crippen molar-refractivity contribution in [3.63, 3.8) is 0 Å². The second kappa shape index (κ2) is 3.48. The minimum atomic E-state index is 1.39. The average molecular weight is 276 g/mol. The largest absolute Gasteiger partial charge is 0.188 e. The minimum Gasteiger partial charge on any atom is -0.188 e. The van der Waals surface area contributed by atoms with E-state index in [1.54, 1.807) is 0 Å². The lowest BCUT2D eigenvalue weighted by Crippen LogP contribution is -1.65. The second-order valence-corrected chi connectivity index (χ2v) is 6.14. The quantitative estimate of drug-likeness (QED) is 0.284. The third-order valence-corrected chi connectivity index (χ3v) is 5.15.